The summed E-state index contributed by atoms with van der Waals surface area (Å²) in [6.07, 6.45) is 3.99. The zero-order valence-corrected chi connectivity index (χ0v) is 8.46. The third-order valence-corrected chi connectivity index (χ3v) is 4.00. The second-order valence-electron chi connectivity index (χ2n) is 3.08. The van der Waals surface area contributed by atoms with E-state index in [4.69, 9.17) is 0 Å². The van der Waals surface area contributed by atoms with E-state index in [-0.39, 0.29) is 10.9 Å². The van der Waals surface area contributed by atoms with E-state index in [0.717, 1.165) is 10.6 Å². The van der Waals surface area contributed by atoms with Crippen LogP contribution in [-0.4, -0.2) is 4.98 Å². The van der Waals surface area contributed by atoms with E-state index >= 15 is 0 Å². The van der Waals surface area contributed by atoms with Crippen molar-refractivity contribution in [3.8, 4) is 0 Å². The van der Waals surface area contributed by atoms with Crippen LogP contribution in [-0.2, 0) is 0 Å². The Morgan fingerprint density at radius 2 is 2.31 bits per heavy atom. The Morgan fingerprint density at radius 1 is 1.46 bits per heavy atom. The van der Waals surface area contributed by atoms with Gasteiger partial charge in [0.1, 0.15) is 0 Å². The van der Waals surface area contributed by atoms with E-state index in [1.54, 1.807) is 0 Å². The largest absolute Gasteiger partial charge is 0.251 e. The monoisotopic (exact) mass is 190 g/mol. The summed E-state index contributed by atoms with van der Waals surface area (Å²) in [6, 6.07) is 3.94. The van der Waals surface area contributed by atoms with Gasteiger partial charge in [0, 0.05) is 6.20 Å². The van der Waals surface area contributed by atoms with Crippen molar-refractivity contribution in [1.29, 1.82) is 0 Å². The Balaban J connectivity index is 2.38. The molecule has 13 heavy (non-hydrogen) atoms. The molecule has 1 atom stereocenters. The average molecular weight is 190 g/mol. The minimum absolute atomic E-state index is 0.317. The number of aromatic nitrogens is 1. The smallest absolute Gasteiger partial charge is 0.0866 e. The quantitative estimate of drug-likeness (QED) is 0.671. The Kier molecular flexibility index (Phi) is 2.23. The molecule has 1 nitrogen and oxygen atoms in total. The molecule has 0 saturated heterocycles. The minimum Gasteiger partial charge on any atom is -0.251 e. The van der Waals surface area contributed by atoms with Gasteiger partial charge in [-0.3, -0.25) is 4.98 Å². The molecule has 1 aliphatic heterocycles. The first-order chi connectivity index (χ1) is 6.27. The number of hydrogen-bond donors (Lipinski definition) is 1. The molecule has 1 aliphatic rings. The number of pyridine rings is 1. The molecular formula is C11H12NS. The number of rotatable bonds is 1. The van der Waals surface area contributed by atoms with Crippen molar-refractivity contribution in [3.63, 3.8) is 0 Å². The summed E-state index contributed by atoms with van der Waals surface area (Å²) in [5, 5.41) is 5.62. The Bertz CT molecular complexity index is 379. The van der Waals surface area contributed by atoms with Crippen LogP contribution in [0.15, 0.2) is 45.8 Å². The molecule has 0 saturated carbocycles. The fourth-order valence-corrected chi connectivity index (χ4v) is 3.17. The average Bonchev–Trinajstić information content (AvgIpc) is 2.53. The van der Waals surface area contributed by atoms with Gasteiger partial charge in [-0.15, -0.1) is 0 Å². The van der Waals surface area contributed by atoms with E-state index < -0.39 is 0 Å². The third-order valence-electron chi connectivity index (χ3n) is 1.95. The lowest BCUT2D eigenvalue weighted by molar-refractivity contribution is 1.11. The second-order valence-corrected chi connectivity index (χ2v) is 4.88. The fourth-order valence-electron chi connectivity index (χ4n) is 1.30. The highest BCUT2D eigenvalue weighted by Crippen LogP contribution is 2.43. The lowest BCUT2D eigenvalue weighted by Crippen LogP contribution is -1.85. The minimum atomic E-state index is -0.317. The van der Waals surface area contributed by atoms with E-state index in [1.807, 2.05) is 18.3 Å². The SMILES string of the molecule is [CH2]c1cccnc1[SH]1C=CC(C)=C1. The van der Waals surface area contributed by atoms with Gasteiger partial charge < -0.3 is 0 Å². The number of nitrogens with zero attached hydrogens (tertiary/aromatic N) is 1. The molecular weight excluding hydrogens is 178 g/mol. The summed E-state index contributed by atoms with van der Waals surface area (Å²) in [5.41, 5.74) is 2.38. The first kappa shape index (κ1) is 8.57. The fraction of sp³-hybridized carbons (Fsp3) is 0.0909. The third kappa shape index (κ3) is 1.68. The zero-order valence-electron chi connectivity index (χ0n) is 7.57. The van der Waals surface area contributed by atoms with Gasteiger partial charge in [0.05, 0.1) is 5.03 Å². The maximum Gasteiger partial charge on any atom is 0.0866 e. The normalized spacial score (nSPS) is 23.2. The number of hydrogen-bond acceptors (Lipinski definition) is 1. The van der Waals surface area contributed by atoms with Crippen LogP contribution in [0.5, 0.6) is 0 Å². The predicted octanol–water partition coefficient (Wildman–Crippen LogP) is 3.05. The molecule has 2 heterocycles. The van der Waals surface area contributed by atoms with Crippen LogP contribution in [0.3, 0.4) is 0 Å². The molecule has 0 aromatic carbocycles. The molecule has 0 fully saturated rings. The summed E-state index contributed by atoms with van der Waals surface area (Å²) in [4.78, 5) is 4.37. The first-order valence-corrected chi connectivity index (χ1v) is 5.67. The van der Waals surface area contributed by atoms with Crippen molar-refractivity contribution >= 4 is 10.9 Å². The highest BCUT2D eigenvalue weighted by Gasteiger charge is 2.08. The molecule has 0 N–H and O–H groups in total. The van der Waals surface area contributed by atoms with Gasteiger partial charge in [-0.25, -0.2) is 0 Å². The molecule has 1 aromatic heterocycles. The zero-order chi connectivity index (χ0) is 9.26. The van der Waals surface area contributed by atoms with Crippen molar-refractivity contribution in [2.24, 2.45) is 0 Å². The van der Waals surface area contributed by atoms with Crippen LogP contribution in [0.25, 0.3) is 0 Å². The van der Waals surface area contributed by atoms with Crippen LogP contribution < -0.4 is 0 Å². The van der Waals surface area contributed by atoms with Gasteiger partial charge in [0.25, 0.3) is 0 Å². The maximum atomic E-state index is 4.37. The summed E-state index contributed by atoms with van der Waals surface area (Å²) in [6.45, 7) is 6.10. The van der Waals surface area contributed by atoms with Crippen LogP contribution >= 0.6 is 10.9 Å². The van der Waals surface area contributed by atoms with Gasteiger partial charge in [0.15, 0.2) is 0 Å². The summed E-state index contributed by atoms with van der Waals surface area (Å²) in [5.74, 6) is 0. The molecule has 0 amide bonds. The second kappa shape index (κ2) is 3.38. The molecule has 0 spiro atoms. The molecule has 0 bridgehead atoms. The molecule has 67 valence electrons. The Labute approximate surface area is 81.5 Å². The van der Waals surface area contributed by atoms with Gasteiger partial charge >= 0.3 is 0 Å². The van der Waals surface area contributed by atoms with Gasteiger partial charge in [0.2, 0.25) is 0 Å². The summed E-state index contributed by atoms with van der Waals surface area (Å²) >= 11 is 0. The number of allylic oxidation sites excluding steroid dienone is 2. The molecule has 1 unspecified atom stereocenters. The van der Waals surface area contributed by atoms with Gasteiger partial charge in [-0.1, -0.05) is 12.1 Å². The van der Waals surface area contributed by atoms with E-state index in [9.17, 15) is 0 Å². The molecule has 1 radical (unpaired) electrons. The standard InChI is InChI=1S/C11H12NS/c1-9-5-7-13(8-9)11-10(2)4-3-6-12-11/h3-8,13H,2H2,1H3. The van der Waals surface area contributed by atoms with E-state index in [1.165, 1.54) is 5.57 Å². The van der Waals surface area contributed by atoms with Crippen LogP contribution in [0.2, 0.25) is 0 Å². The molecule has 0 aliphatic carbocycles. The Hall–Kier alpha value is -1.02. The summed E-state index contributed by atoms with van der Waals surface area (Å²) in [7, 11) is -0.317. The lowest BCUT2D eigenvalue weighted by Gasteiger charge is -2.11. The lowest BCUT2D eigenvalue weighted by atomic mass is 10.3. The van der Waals surface area contributed by atoms with Crippen molar-refractivity contribution < 1.29 is 0 Å². The molecule has 2 heteroatoms. The maximum absolute atomic E-state index is 4.37. The van der Waals surface area contributed by atoms with Crippen LogP contribution in [0, 0.1) is 6.92 Å². The Morgan fingerprint density at radius 3 is 2.92 bits per heavy atom. The van der Waals surface area contributed by atoms with E-state index in [0.29, 0.717) is 0 Å². The van der Waals surface area contributed by atoms with Crippen molar-refractivity contribution in [2.45, 2.75) is 11.9 Å². The van der Waals surface area contributed by atoms with Gasteiger partial charge in [-0.2, -0.15) is 10.9 Å². The highest BCUT2D eigenvalue weighted by atomic mass is 32.2. The molecule has 1 aromatic rings. The highest BCUT2D eigenvalue weighted by molar-refractivity contribution is 8.22. The topological polar surface area (TPSA) is 12.9 Å². The number of thiol groups is 1. The van der Waals surface area contributed by atoms with Crippen LogP contribution in [0.1, 0.15) is 12.5 Å². The van der Waals surface area contributed by atoms with Crippen molar-refractivity contribution in [3.05, 3.63) is 53.3 Å². The predicted molar refractivity (Wildman–Crippen MR) is 58.8 cm³/mol. The van der Waals surface area contributed by atoms with Crippen molar-refractivity contribution in [2.75, 3.05) is 0 Å². The van der Waals surface area contributed by atoms with Crippen molar-refractivity contribution in [1.82, 2.24) is 4.98 Å². The first-order valence-electron chi connectivity index (χ1n) is 4.19. The van der Waals surface area contributed by atoms with E-state index in [2.05, 4.69) is 35.7 Å². The molecule has 2 rings (SSSR count). The summed E-state index contributed by atoms with van der Waals surface area (Å²) < 4.78 is 0. The van der Waals surface area contributed by atoms with Gasteiger partial charge in [-0.05, 0) is 41.9 Å². The van der Waals surface area contributed by atoms with Crippen LogP contribution in [0.4, 0.5) is 0 Å².